The van der Waals surface area contributed by atoms with E-state index in [2.05, 4.69) is 15.6 Å². The van der Waals surface area contributed by atoms with Crippen LogP contribution in [0.4, 0.5) is 13.2 Å². The van der Waals surface area contributed by atoms with Crippen molar-refractivity contribution in [3.05, 3.63) is 35.4 Å². The van der Waals surface area contributed by atoms with Crippen LogP contribution in [0.5, 0.6) is 0 Å². The normalized spacial score (nSPS) is 16.0. The zero-order chi connectivity index (χ0) is 20.5. The smallest absolute Gasteiger partial charge is 0.385 e. The quantitative estimate of drug-likeness (QED) is 0.271. The van der Waals surface area contributed by atoms with Gasteiger partial charge in [-0.3, -0.25) is 4.99 Å². The van der Waals surface area contributed by atoms with Gasteiger partial charge in [0.15, 0.2) is 5.96 Å². The van der Waals surface area contributed by atoms with Crippen molar-refractivity contribution in [2.24, 2.45) is 10.4 Å². The topological polar surface area (TPSA) is 54.9 Å². The molecule has 1 aliphatic rings. The Labute approximate surface area is 187 Å². The summed E-state index contributed by atoms with van der Waals surface area (Å²) in [6.45, 7) is 0.829. The lowest BCUT2D eigenvalue weighted by Crippen LogP contribution is -2.46. The molecule has 1 aromatic carbocycles. The summed E-state index contributed by atoms with van der Waals surface area (Å²) in [6, 6.07) is 7.32. The zero-order valence-corrected chi connectivity index (χ0v) is 19.3. The number of halogens is 4. The molecule has 29 heavy (non-hydrogen) atoms. The van der Waals surface area contributed by atoms with Gasteiger partial charge >= 0.3 is 6.18 Å². The number of alkyl halides is 3. The van der Waals surface area contributed by atoms with E-state index in [-0.39, 0.29) is 36.0 Å². The third kappa shape index (κ3) is 9.52. The molecule has 0 unspecified atom stereocenters. The summed E-state index contributed by atoms with van der Waals surface area (Å²) in [4.78, 5) is 4.26. The van der Waals surface area contributed by atoms with Gasteiger partial charge in [-0.1, -0.05) is 30.7 Å². The number of aliphatic imine (C=N–C) groups is 1. The molecule has 0 bridgehead atoms. The van der Waals surface area contributed by atoms with E-state index in [1.807, 2.05) is 18.2 Å². The van der Waals surface area contributed by atoms with Gasteiger partial charge < -0.3 is 20.1 Å². The highest BCUT2D eigenvalue weighted by atomic mass is 127. The second-order valence-electron chi connectivity index (χ2n) is 7.30. The van der Waals surface area contributed by atoms with Gasteiger partial charge in [-0.15, -0.1) is 24.0 Å². The molecule has 1 saturated carbocycles. The van der Waals surface area contributed by atoms with Crippen LogP contribution in [0.25, 0.3) is 0 Å². The molecule has 1 fully saturated rings. The number of ether oxygens (including phenoxy) is 2. The number of hydrogen-bond donors (Lipinski definition) is 2. The fourth-order valence-electron chi connectivity index (χ4n) is 3.30. The first-order valence-electron chi connectivity index (χ1n) is 9.52. The monoisotopic (exact) mass is 529 g/mol. The van der Waals surface area contributed by atoms with Crippen molar-refractivity contribution in [2.75, 3.05) is 33.9 Å². The van der Waals surface area contributed by atoms with Gasteiger partial charge in [0.2, 0.25) is 0 Å². The fourth-order valence-corrected chi connectivity index (χ4v) is 3.30. The summed E-state index contributed by atoms with van der Waals surface area (Å²) in [6.07, 6.45) is 0.368. The van der Waals surface area contributed by atoms with Crippen LogP contribution in [-0.4, -0.2) is 46.1 Å². The van der Waals surface area contributed by atoms with Crippen LogP contribution in [0.15, 0.2) is 29.3 Å². The van der Waals surface area contributed by atoms with Crippen LogP contribution < -0.4 is 10.6 Å². The van der Waals surface area contributed by atoms with E-state index >= 15 is 0 Å². The van der Waals surface area contributed by atoms with Gasteiger partial charge in [0.05, 0.1) is 6.61 Å². The molecular weight excluding hydrogens is 498 g/mol. The molecule has 5 nitrogen and oxygen atoms in total. The van der Waals surface area contributed by atoms with Gasteiger partial charge in [0.25, 0.3) is 0 Å². The third-order valence-corrected chi connectivity index (χ3v) is 5.09. The van der Waals surface area contributed by atoms with E-state index < -0.39 is 12.8 Å². The molecule has 1 aliphatic carbocycles. The number of benzene rings is 1. The Balaban J connectivity index is 0.00000420. The van der Waals surface area contributed by atoms with Gasteiger partial charge in [0.1, 0.15) is 6.61 Å². The molecule has 0 radical (unpaired) electrons. The lowest BCUT2D eigenvalue weighted by atomic mass is 9.67. The Morgan fingerprint density at radius 2 is 1.93 bits per heavy atom. The summed E-state index contributed by atoms with van der Waals surface area (Å²) in [5, 5.41) is 6.65. The minimum absolute atomic E-state index is 0. The molecule has 1 aromatic rings. The maximum absolute atomic E-state index is 12.2. The first-order valence-corrected chi connectivity index (χ1v) is 9.52. The predicted octanol–water partition coefficient (Wildman–Crippen LogP) is 4.26. The van der Waals surface area contributed by atoms with E-state index in [0.29, 0.717) is 18.1 Å². The van der Waals surface area contributed by atoms with E-state index in [0.717, 1.165) is 25.1 Å². The SMILES string of the molecule is CN=C(NCc1cccc(COCC(F)(F)F)c1)NCC1(CCOC)CCC1.I. The molecule has 0 saturated heterocycles. The van der Waals surface area contributed by atoms with Crippen LogP contribution in [0.2, 0.25) is 0 Å². The summed E-state index contributed by atoms with van der Waals surface area (Å²) in [7, 11) is 3.45. The van der Waals surface area contributed by atoms with E-state index in [4.69, 9.17) is 9.47 Å². The Kier molecular flexibility index (Phi) is 11.3. The van der Waals surface area contributed by atoms with E-state index in [9.17, 15) is 13.2 Å². The number of hydrogen-bond acceptors (Lipinski definition) is 3. The van der Waals surface area contributed by atoms with Crippen molar-refractivity contribution in [1.29, 1.82) is 0 Å². The van der Waals surface area contributed by atoms with Crippen molar-refractivity contribution in [3.63, 3.8) is 0 Å². The second kappa shape index (κ2) is 12.6. The Hall–Kier alpha value is -1.07. The maximum atomic E-state index is 12.2. The fraction of sp³-hybridized carbons (Fsp3) is 0.650. The van der Waals surface area contributed by atoms with Crippen LogP contribution in [0.3, 0.4) is 0 Å². The number of guanidine groups is 1. The number of nitrogens with one attached hydrogen (secondary N) is 2. The van der Waals surface area contributed by atoms with Crippen molar-refractivity contribution < 1.29 is 22.6 Å². The van der Waals surface area contributed by atoms with Crippen molar-refractivity contribution in [3.8, 4) is 0 Å². The Morgan fingerprint density at radius 3 is 2.52 bits per heavy atom. The highest BCUT2D eigenvalue weighted by Gasteiger charge is 2.36. The number of nitrogens with zero attached hydrogens (tertiary/aromatic N) is 1. The molecule has 9 heteroatoms. The van der Waals surface area contributed by atoms with Gasteiger partial charge in [-0.05, 0) is 35.8 Å². The lowest BCUT2D eigenvalue weighted by molar-refractivity contribution is -0.176. The summed E-state index contributed by atoms with van der Waals surface area (Å²) in [5.41, 5.74) is 1.94. The maximum Gasteiger partial charge on any atom is 0.411 e. The molecule has 0 aromatic heterocycles. The molecular formula is C20H31F3IN3O2. The first kappa shape index (κ1) is 26.0. The van der Waals surface area contributed by atoms with E-state index in [1.165, 1.54) is 19.3 Å². The van der Waals surface area contributed by atoms with E-state index in [1.54, 1.807) is 20.2 Å². The predicted molar refractivity (Wildman–Crippen MR) is 119 cm³/mol. The highest BCUT2D eigenvalue weighted by Crippen LogP contribution is 2.43. The first-order chi connectivity index (χ1) is 13.4. The molecule has 2 N–H and O–H groups in total. The van der Waals surface area contributed by atoms with Gasteiger partial charge in [-0.25, -0.2) is 0 Å². The lowest BCUT2D eigenvalue weighted by Gasteiger charge is -2.42. The van der Waals surface area contributed by atoms with Gasteiger partial charge in [-0.2, -0.15) is 13.2 Å². The summed E-state index contributed by atoms with van der Waals surface area (Å²) >= 11 is 0. The Bertz CT molecular complexity index is 638. The molecule has 0 atom stereocenters. The van der Waals surface area contributed by atoms with Crippen molar-refractivity contribution >= 4 is 29.9 Å². The minimum Gasteiger partial charge on any atom is -0.385 e. The largest absolute Gasteiger partial charge is 0.411 e. The Morgan fingerprint density at radius 1 is 1.21 bits per heavy atom. The van der Waals surface area contributed by atoms with Crippen LogP contribution in [0.1, 0.15) is 36.8 Å². The zero-order valence-electron chi connectivity index (χ0n) is 17.0. The number of rotatable bonds is 10. The summed E-state index contributed by atoms with van der Waals surface area (Å²) in [5.74, 6) is 0.711. The molecule has 0 heterocycles. The molecule has 166 valence electrons. The third-order valence-electron chi connectivity index (χ3n) is 5.09. The number of methoxy groups -OCH3 is 1. The van der Waals surface area contributed by atoms with Crippen molar-refractivity contribution in [2.45, 2.75) is 45.0 Å². The van der Waals surface area contributed by atoms with Crippen LogP contribution >= 0.6 is 24.0 Å². The average Bonchev–Trinajstić information content (AvgIpc) is 2.62. The van der Waals surface area contributed by atoms with Crippen LogP contribution in [-0.2, 0) is 22.6 Å². The molecule has 0 aliphatic heterocycles. The standard InChI is InChI=1S/C20H30F3N3O2.HI/c1-24-18(26-14-19(7-4-8-19)9-10-27-2)25-12-16-5-3-6-17(11-16)13-28-15-20(21,22)23;/h3,5-6,11H,4,7-10,12-15H2,1-2H3,(H2,24,25,26);1H. The highest BCUT2D eigenvalue weighted by molar-refractivity contribution is 14.0. The minimum atomic E-state index is -4.31. The van der Waals surface area contributed by atoms with Crippen molar-refractivity contribution in [1.82, 2.24) is 10.6 Å². The molecule has 0 amide bonds. The second-order valence-corrected chi connectivity index (χ2v) is 7.30. The van der Waals surface area contributed by atoms with Crippen LogP contribution in [0, 0.1) is 5.41 Å². The summed E-state index contributed by atoms with van der Waals surface area (Å²) < 4.78 is 46.5. The molecule has 0 spiro atoms. The molecule has 2 rings (SSSR count). The average molecular weight is 529 g/mol. The van der Waals surface area contributed by atoms with Gasteiger partial charge in [0, 0.05) is 33.9 Å².